The van der Waals surface area contributed by atoms with E-state index in [9.17, 15) is 8.78 Å². The van der Waals surface area contributed by atoms with E-state index in [1.54, 1.807) is 24.3 Å². The molecule has 0 bridgehead atoms. The van der Waals surface area contributed by atoms with E-state index >= 15 is 0 Å². The first-order chi connectivity index (χ1) is 9.63. The molecule has 0 heterocycles. The van der Waals surface area contributed by atoms with Crippen LogP contribution in [0.4, 0.5) is 8.78 Å². The van der Waals surface area contributed by atoms with Crippen molar-refractivity contribution in [2.45, 2.75) is 13.0 Å². The lowest BCUT2D eigenvalue weighted by Gasteiger charge is -2.10. The highest BCUT2D eigenvalue weighted by atomic mass is 19.1. The molecule has 106 valence electrons. The van der Waals surface area contributed by atoms with E-state index in [4.69, 9.17) is 15.6 Å². The van der Waals surface area contributed by atoms with E-state index < -0.39 is 17.4 Å². The van der Waals surface area contributed by atoms with Crippen molar-refractivity contribution in [3.63, 3.8) is 0 Å². The maximum atomic E-state index is 13.7. The average molecular weight is 279 g/mol. The maximum absolute atomic E-state index is 13.7. The van der Waals surface area contributed by atoms with Crippen LogP contribution in [-0.4, -0.2) is 11.7 Å². The van der Waals surface area contributed by atoms with Crippen molar-refractivity contribution < 1.29 is 18.6 Å². The summed E-state index contributed by atoms with van der Waals surface area (Å²) in [6, 6.07) is 8.96. The molecule has 0 unspecified atom stereocenters. The third kappa shape index (κ3) is 3.31. The first-order valence-corrected chi connectivity index (χ1v) is 6.19. The highest BCUT2D eigenvalue weighted by Crippen LogP contribution is 2.28. The molecule has 0 radical (unpaired) electrons. The number of nitrogens with two attached hydrogens (primary N) is 1. The molecule has 0 saturated carbocycles. The quantitative estimate of drug-likeness (QED) is 0.884. The van der Waals surface area contributed by atoms with E-state index in [-0.39, 0.29) is 13.2 Å². The summed E-state index contributed by atoms with van der Waals surface area (Å²) in [7, 11) is 0. The molecule has 0 aliphatic carbocycles. The summed E-state index contributed by atoms with van der Waals surface area (Å²) < 4.78 is 32.7. The monoisotopic (exact) mass is 279 g/mol. The molecule has 5 heteroatoms. The van der Waals surface area contributed by atoms with Crippen LogP contribution in [0.2, 0.25) is 0 Å². The van der Waals surface area contributed by atoms with Gasteiger partial charge in [-0.2, -0.15) is 0 Å². The minimum atomic E-state index is -0.787. The summed E-state index contributed by atoms with van der Waals surface area (Å²) in [5, 5.41) is 8.81. The Morgan fingerprint density at radius 1 is 1.00 bits per heavy atom. The number of aliphatic hydroxyl groups is 1. The minimum Gasteiger partial charge on any atom is -0.451 e. The van der Waals surface area contributed by atoms with Crippen LogP contribution in [0.15, 0.2) is 36.4 Å². The summed E-state index contributed by atoms with van der Waals surface area (Å²) in [6.45, 7) is 0.105. The predicted molar refractivity (Wildman–Crippen MR) is 71.6 cm³/mol. The molecule has 2 aromatic carbocycles. The van der Waals surface area contributed by atoms with Crippen molar-refractivity contribution in [2.24, 2.45) is 5.73 Å². The second-order valence-corrected chi connectivity index (χ2v) is 4.31. The van der Waals surface area contributed by atoms with Crippen molar-refractivity contribution >= 4 is 0 Å². The Morgan fingerprint density at radius 2 is 1.60 bits per heavy atom. The summed E-state index contributed by atoms with van der Waals surface area (Å²) in [5.41, 5.74) is 6.62. The van der Waals surface area contributed by atoms with Gasteiger partial charge in [-0.15, -0.1) is 0 Å². The lowest BCUT2D eigenvalue weighted by Crippen LogP contribution is -2.00. The molecular weight excluding hydrogens is 264 g/mol. The van der Waals surface area contributed by atoms with Gasteiger partial charge >= 0.3 is 0 Å². The third-order valence-electron chi connectivity index (χ3n) is 2.84. The molecule has 0 atom stereocenters. The fourth-order valence-corrected chi connectivity index (χ4v) is 1.80. The van der Waals surface area contributed by atoms with Crippen LogP contribution >= 0.6 is 0 Å². The second kappa shape index (κ2) is 6.45. The van der Waals surface area contributed by atoms with Gasteiger partial charge in [-0.3, -0.25) is 0 Å². The zero-order valence-corrected chi connectivity index (χ0v) is 10.8. The molecule has 0 aromatic heterocycles. The SMILES string of the molecule is NCc1cc(F)c(Oc2ccc(CCO)cc2)c(F)c1. The molecule has 0 amide bonds. The third-order valence-corrected chi connectivity index (χ3v) is 2.84. The summed E-state index contributed by atoms with van der Waals surface area (Å²) >= 11 is 0. The number of hydrogen-bond donors (Lipinski definition) is 2. The number of hydrogen-bond acceptors (Lipinski definition) is 3. The molecule has 0 saturated heterocycles. The maximum Gasteiger partial charge on any atom is 0.198 e. The van der Waals surface area contributed by atoms with Crippen LogP contribution in [0.5, 0.6) is 11.5 Å². The average Bonchev–Trinajstić information content (AvgIpc) is 2.44. The van der Waals surface area contributed by atoms with Gasteiger partial charge in [-0.05, 0) is 41.8 Å². The highest BCUT2D eigenvalue weighted by molar-refractivity contribution is 5.37. The number of benzene rings is 2. The number of ether oxygens (including phenoxy) is 1. The van der Waals surface area contributed by atoms with E-state index in [0.29, 0.717) is 17.7 Å². The molecule has 3 nitrogen and oxygen atoms in total. The summed E-state index contributed by atoms with van der Waals surface area (Å²) in [4.78, 5) is 0. The van der Waals surface area contributed by atoms with Crippen LogP contribution in [0.3, 0.4) is 0 Å². The second-order valence-electron chi connectivity index (χ2n) is 4.31. The van der Waals surface area contributed by atoms with Gasteiger partial charge < -0.3 is 15.6 Å². The predicted octanol–water partition coefficient (Wildman–Crippen LogP) is 2.75. The van der Waals surface area contributed by atoms with Crippen LogP contribution in [0.1, 0.15) is 11.1 Å². The molecule has 0 fully saturated rings. The Morgan fingerprint density at radius 3 is 2.10 bits per heavy atom. The molecule has 20 heavy (non-hydrogen) atoms. The van der Waals surface area contributed by atoms with Crippen molar-refractivity contribution in [3.05, 3.63) is 59.2 Å². The van der Waals surface area contributed by atoms with Crippen molar-refractivity contribution in [1.82, 2.24) is 0 Å². The van der Waals surface area contributed by atoms with Crippen molar-refractivity contribution in [2.75, 3.05) is 6.61 Å². The van der Waals surface area contributed by atoms with Gasteiger partial charge in [-0.1, -0.05) is 12.1 Å². The fourth-order valence-electron chi connectivity index (χ4n) is 1.80. The zero-order valence-electron chi connectivity index (χ0n) is 10.8. The van der Waals surface area contributed by atoms with Gasteiger partial charge in [0.25, 0.3) is 0 Å². The smallest absolute Gasteiger partial charge is 0.198 e. The van der Waals surface area contributed by atoms with Gasteiger partial charge in [0.1, 0.15) is 5.75 Å². The van der Waals surface area contributed by atoms with Gasteiger partial charge in [0.2, 0.25) is 0 Å². The number of halogens is 2. The Balaban J connectivity index is 2.21. The molecule has 2 rings (SSSR count). The fraction of sp³-hybridized carbons (Fsp3) is 0.200. The van der Waals surface area contributed by atoms with E-state index in [1.165, 1.54) is 0 Å². The van der Waals surface area contributed by atoms with Gasteiger partial charge in [-0.25, -0.2) is 8.78 Å². The largest absolute Gasteiger partial charge is 0.451 e. The first kappa shape index (κ1) is 14.4. The normalized spacial score (nSPS) is 10.6. The molecule has 2 aromatic rings. The van der Waals surface area contributed by atoms with Gasteiger partial charge in [0.15, 0.2) is 17.4 Å². The Kier molecular flexibility index (Phi) is 4.65. The van der Waals surface area contributed by atoms with Crippen LogP contribution in [-0.2, 0) is 13.0 Å². The standard InChI is InChI=1S/C15H15F2NO2/c16-13-7-11(9-18)8-14(17)15(13)20-12-3-1-10(2-4-12)5-6-19/h1-4,7-8,19H,5-6,9,18H2. The number of rotatable bonds is 5. The summed E-state index contributed by atoms with van der Waals surface area (Å²) in [6.07, 6.45) is 0.522. The van der Waals surface area contributed by atoms with Crippen molar-refractivity contribution in [3.8, 4) is 11.5 Å². The van der Waals surface area contributed by atoms with Crippen LogP contribution in [0, 0.1) is 11.6 Å². The van der Waals surface area contributed by atoms with Gasteiger partial charge in [0, 0.05) is 13.2 Å². The molecule has 0 aliphatic heterocycles. The minimum absolute atomic E-state index is 0.0456. The Labute approximate surface area is 115 Å². The Hall–Kier alpha value is -1.98. The first-order valence-electron chi connectivity index (χ1n) is 6.19. The zero-order chi connectivity index (χ0) is 14.5. The molecular formula is C15H15F2NO2. The van der Waals surface area contributed by atoms with Gasteiger partial charge in [0.05, 0.1) is 0 Å². The summed E-state index contributed by atoms with van der Waals surface area (Å²) in [5.74, 6) is -1.70. The number of aliphatic hydroxyl groups excluding tert-OH is 1. The van der Waals surface area contributed by atoms with E-state index in [1.807, 2.05) is 0 Å². The lowest BCUT2D eigenvalue weighted by atomic mass is 10.1. The lowest BCUT2D eigenvalue weighted by molar-refractivity contribution is 0.299. The highest BCUT2D eigenvalue weighted by Gasteiger charge is 2.13. The van der Waals surface area contributed by atoms with Crippen LogP contribution < -0.4 is 10.5 Å². The molecule has 0 aliphatic rings. The van der Waals surface area contributed by atoms with E-state index in [2.05, 4.69) is 0 Å². The molecule has 0 spiro atoms. The van der Waals surface area contributed by atoms with Crippen LogP contribution in [0.25, 0.3) is 0 Å². The molecule has 3 N–H and O–H groups in total. The van der Waals surface area contributed by atoms with E-state index in [0.717, 1.165) is 17.7 Å². The Bertz CT molecular complexity index is 562. The van der Waals surface area contributed by atoms with Crippen molar-refractivity contribution in [1.29, 1.82) is 0 Å². The topological polar surface area (TPSA) is 55.5 Å².